The molecule has 0 bridgehead atoms. The number of nitriles is 2. The molecule has 0 fully saturated rings. The van der Waals surface area contributed by atoms with Crippen molar-refractivity contribution in [2.45, 2.75) is 11.1 Å². The van der Waals surface area contributed by atoms with Gasteiger partial charge in [0.25, 0.3) is 0 Å². The fraction of sp³-hybridized carbons (Fsp3) is 0.333. The van der Waals surface area contributed by atoms with Crippen LogP contribution in [0.15, 0.2) is 5.16 Å². The average Bonchev–Trinajstić information content (AvgIpc) is 2.21. The van der Waals surface area contributed by atoms with Gasteiger partial charge in [0.05, 0.1) is 12.1 Å². The molecule has 0 amide bonds. The monoisotopic (exact) mass is 216 g/mol. The van der Waals surface area contributed by atoms with Crippen LogP contribution in [0.4, 0.5) is 0 Å². The first kappa shape index (κ1) is 13.3. The molecule has 1 aromatic heterocycles. The average molecular weight is 216 g/mol. The van der Waals surface area contributed by atoms with E-state index in [9.17, 15) is 0 Å². The van der Waals surface area contributed by atoms with Gasteiger partial charge in [-0.15, -0.1) is 20.4 Å². The molecule has 0 aromatic carbocycles. The van der Waals surface area contributed by atoms with Crippen molar-refractivity contribution in [2.75, 3.05) is 6.26 Å². The van der Waals surface area contributed by atoms with Gasteiger partial charge in [0.15, 0.2) is 5.92 Å². The van der Waals surface area contributed by atoms with Crippen LogP contribution in [0.2, 0.25) is 0 Å². The maximum atomic E-state index is 8.49. The fourth-order valence-electron chi connectivity index (χ4n) is 0.569. The topological polar surface area (TPSA) is 99.1 Å². The van der Waals surface area contributed by atoms with Crippen molar-refractivity contribution < 1.29 is 31.0 Å². The van der Waals surface area contributed by atoms with Gasteiger partial charge in [-0.1, -0.05) is 11.8 Å². The molecule has 1 rings (SSSR count). The van der Waals surface area contributed by atoms with Crippen LogP contribution >= 0.6 is 11.8 Å². The van der Waals surface area contributed by atoms with Gasteiger partial charge in [-0.05, 0) is 6.26 Å². The zero-order valence-corrected chi connectivity index (χ0v) is 10.5. The molecule has 6 nitrogen and oxygen atoms in total. The third kappa shape index (κ3) is 3.20. The van der Waals surface area contributed by atoms with Gasteiger partial charge in [-0.3, -0.25) is 0 Å². The summed E-state index contributed by atoms with van der Waals surface area (Å²) in [4.78, 5) is 0. The van der Waals surface area contributed by atoms with E-state index in [1.807, 2.05) is 0 Å². The Morgan fingerprint density at radius 1 is 1.21 bits per heavy atom. The van der Waals surface area contributed by atoms with E-state index in [2.05, 4.69) is 20.4 Å². The van der Waals surface area contributed by atoms with E-state index in [-0.39, 0.29) is 36.8 Å². The predicted molar refractivity (Wildman–Crippen MR) is 44.5 cm³/mol. The Bertz CT molecular complexity index is 357. The van der Waals surface area contributed by atoms with Gasteiger partial charge < -0.3 is 1.43 Å². The first-order valence-electron chi connectivity index (χ1n) is 3.22. The first-order chi connectivity index (χ1) is 6.31. The predicted octanol–water partition coefficient (Wildman–Crippen LogP) is -2.76. The van der Waals surface area contributed by atoms with E-state index >= 15 is 0 Å². The molecule has 14 heavy (non-hydrogen) atoms. The van der Waals surface area contributed by atoms with Crippen LogP contribution in [0, 0.1) is 22.7 Å². The maximum Gasteiger partial charge on any atom is 1.00 e. The molecule has 1 heterocycles. The smallest absolute Gasteiger partial charge is 1.00 e. The molecule has 8 heteroatoms. The number of nitrogens with zero attached hydrogens (tertiary/aromatic N) is 6. The van der Waals surface area contributed by atoms with Crippen molar-refractivity contribution >= 4 is 11.8 Å². The first-order valence-corrected chi connectivity index (χ1v) is 4.44. The molecule has 0 aliphatic carbocycles. The Balaban J connectivity index is 0. The molecule has 0 atom stereocenters. The van der Waals surface area contributed by atoms with Gasteiger partial charge >= 0.3 is 29.6 Å². The van der Waals surface area contributed by atoms with E-state index in [0.29, 0.717) is 5.16 Å². The minimum absolute atomic E-state index is 0. The van der Waals surface area contributed by atoms with Crippen molar-refractivity contribution in [1.82, 2.24) is 20.4 Å². The molecular formula is C6H5N6NaS. The molecule has 1 aromatic rings. The summed E-state index contributed by atoms with van der Waals surface area (Å²) >= 11 is 1.29. The Morgan fingerprint density at radius 3 is 2.07 bits per heavy atom. The maximum absolute atomic E-state index is 8.49. The molecule has 0 aliphatic rings. The van der Waals surface area contributed by atoms with Crippen molar-refractivity contribution in [3.05, 3.63) is 5.82 Å². The quantitative estimate of drug-likeness (QED) is 0.390. The Kier molecular flexibility index (Phi) is 6.34. The van der Waals surface area contributed by atoms with Gasteiger partial charge in [0.1, 0.15) is 0 Å². The minimum atomic E-state index is -0.990. The van der Waals surface area contributed by atoms with Crippen molar-refractivity contribution in [3.63, 3.8) is 0 Å². The number of aromatic nitrogens is 4. The second-order valence-corrected chi connectivity index (χ2v) is 2.71. The van der Waals surface area contributed by atoms with Crippen molar-refractivity contribution in [1.29, 1.82) is 10.5 Å². The summed E-state index contributed by atoms with van der Waals surface area (Å²) in [6.45, 7) is 0. The Hall–Kier alpha value is -0.730. The summed E-state index contributed by atoms with van der Waals surface area (Å²) in [5.74, 6) is -0.946. The van der Waals surface area contributed by atoms with Crippen LogP contribution < -0.4 is 29.6 Å². The third-order valence-electron chi connectivity index (χ3n) is 1.17. The summed E-state index contributed by atoms with van der Waals surface area (Å²) in [5.41, 5.74) is 0. The summed E-state index contributed by atoms with van der Waals surface area (Å²) in [6, 6.07) is 3.47. The van der Waals surface area contributed by atoms with E-state index in [1.165, 1.54) is 11.8 Å². The van der Waals surface area contributed by atoms with Crippen LogP contribution in [0.1, 0.15) is 13.2 Å². The Labute approximate surface area is 109 Å². The second-order valence-electron chi connectivity index (χ2n) is 1.94. The fourth-order valence-corrected chi connectivity index (χ4v) is 0.814. The standard InChI is InChI=1S/C6H4N6S.Na.H/c1-13-6-11-9-5(10-12-6)4(2-7)3-8;;/h4H,1H3;;/q;+1;-1. The summed E-state index contributed by atoms with van der Waals surface area (Å²) in [7, 11) is 0. The summed E-state index contributed by atoms with van der Waals surface area (Å²) in [6.07, 6.45) is 1.78. The van der Waals surface area contributed by atoms with Crippen LogP contribution in [0.3, 0.4) is 0 Å². The van der Waals surface area contributed by atoms with Gasteiger partial charge in [0, 0.05) is 0 Å². The summed E-state index contributed by atoms with van der Waals surface area (Å²) in [5, 5.41) is 31.9. The molecule has 0 saturated heterocycles. The SMILES string of the molecule is CSc1nnc(C(C#N)C#N)nn1.[H-].[Na+]. The molecule has 0 radical (unpaired) electrons. The van der Waals surface area contributed by atoms with Crippen LogP contribution in [-0.4, -0.2) is 26.7 Å². The van der Waals surface area contributed by atoms with Gasteiger partial charge in [-0.2, -0.15) is 10.5 Å². The summed E-state index contributed by atoms with van der Waals surface area (Å²) < 4.78 is 0. The van der Waals surface area contributed by atoms with E-state index < -0.39 is 5.92 Å². The number of hydrogen-bond donors (Lipinski definition) is 0. The molecule has 0 spiro atoms. The Morgan fingerprint density at radius 2 is 1.71 bits per heavy atom. The van der Waals surface area contributed by atoms with E-state index in [1.54, 1.807) is 18.4 Å². The zero-order chi connectivity index (χ0) is 9.68. The van der Waals surface area contributed by atoms with Crippen molar-refractivity contribution in [3.8, 4) is 12.1 Å². The van der Waals surface area contributed by atoms with Crippen LogP contribution in [0.5, 0.6) is 0 Å². The van der Waals surface area contributed by atoms with Gasteiger partial charge in [-0.25, -0.2) is 0 Å². The van der Waals surface area contributed by atoms with E-state index in [0.717, 1.165) is 0 Å². The zero-order valence-electron chi connectivity index (χ0n) is 8.67. The van der Waals surface area contributed by atoms with Crippen LogP contribution in [-0.2, 0) is 0 Å². The van der Waals surface area contributed by atoms with Crippen LogP contribution in [0.25, 0.3) is 0 Å². The van der Waals surface area contributed by atoms with E-state index in [4.69, 9.17) is 10.5 Å². The third-order valence-corrected chi connectivity index (χ3v) is 1.70. The molecule has 0 unspecified atom stereocenters. The number of thioether (sulfide) groups is 1. The number of hydrogen-bond acceptors (Lipinski definition) is 7. The minimum Gasteiger partial charge on any atom is -1.00 e. The largest absolute Gasteiger partial charge is 1.00 e. The van der Waals surface area contributed by atoms with Gasteiger partial charge in [0.2, 0.25) is 11.0 Å². The molecule has 0 N–H and O–H groups in total. The number of rotatable bonds is 2. The molecular weight excluding hydrogens is 211 g/mol. The second kappa shape index (κ2) is 6.68. The molecule has 0 aliphatic heterocycles. The molecule has 0 saturated carbocycles. The normalized spacial score (nSPS) is 8.57. The molecule has 66 valence electrons. The van der Waals surface area contributed by atoms with Crippen molar-refractivity contribution in [2.24, 2.45) is 0 Å².